The summed E-state index contributed by atoms with van der Waals surface area (Å²) in [4.78, 5) is 0. The van der Waals surface area contributed by atoms with E-state index in [0.717, 1.165) is 24.8 Å². The SMILES string of the molecule is CC(C)=CCC(O)[C@@H](C)[C@H]1C(O[C@@H]2O[C@@H](C)[C@H](O)[C@@H](O)[C@H]2O)C[C@H]2[C@@H]3CC=C4CC(O)CC[C@]4(C)[C@H]3C(O)C[C@]12C. The molecular weight excluding hydrogens is 524 g/mol. The standard InChI is InChI=1S/C33H54O8/c1-16(2)7-10-23(35)17(3)26-25(41-31-30(39)29(38)28(37)18(4)40-31)14-22-21-9-8-19-13-20(34)11-12-32(19,5)27(21)24(36)15-33(22,26)6/h7-8,17-18,20-31,34-39H,9-15H2,1-6H3/t17-,18+,20?,21+,22+,23?,24?,25?,26+,27-,28+,29-,30-,31+,32+,33+/m1/s1. The molecule has 3 saturated carbocycles. The van der Waals surface area contributed by atoms with Gasteiger partial charge in [-0.2, -0.15) is 0 Å². The molecule has 0 radical (unpaired) electrons. The van der Waals surface area contributed by atoms with Crippen molar-refractivity contribution >= 4 is 0 Å². The summed E-state index contributed by atoms with van der Waals surface area (Å²) < 4.78 is 12.5. The fourth-order valence-corrected chi connectivity index (χ4v) is 9.99. The molecule has 0 aromatic rings. The van der Waals surface area contributed by atoms with Crippen molar-refractivity contribution in [2.75, 3.05) is 0 Å². The Hall–Kier alpha value is -0.840. The van der Waals surface area contributed by atoms with E-state index in [-0.39, 0.29) is 52.6 Å². The molecule has 1 saturated heterocycles. The molecule has 0 amide bonds. The van der Waals surface area contributed by atoms with Gasteiger partial charge in [0.2, 0.25) is 0 Å². The number of rotatable bonds is 6. The Morgan fingerprint density at radius 3 is 2.51 bits per heavy atom. The fraction of sp³-hybridized carbons (Fsp3) is 0.879. The van der Waals surface area contributed by atoms with Crippen LogP contribution < -0.4 is 0 Å². The minimum Gasteiger partial charge on any atom is -0.393 e. The minimum absolute atomic E-state index is 0.0897. The maximum Gasteiger partial charge on any atom is 0.186 e. The van der Waals surface area contributed by atoms with Gasteiger partial charge in [-0.1, -0.05) is 44.1 Å². The third-order valence-electron chi connectivity index (χ3n) is 12.2. The highest BCUT2D eigenvalue weighted by Crippen LogP contribution is 2.68. The van der Waals surface area contributed by atoms with Crippen LogP contribution in [0.25, 0.3) is 0 Å². The Balaban J connectivity index is 1.49. The summed E-state index contributed by atoms with van der Waals surface area (Å²) in [6, 6.07) is 0. The molecule has 1 aliphatic heterocycles. The van der Waals surface area contributed by atoms with Crippen LogP contribution in [0.4, 0.5) is 0 Å². The van der Waals surface area contributed by atoms with E-state index in [4.69, 9.17) is 9.47 Å². The zero-order valence-corrected chi connectivity index (χ0v) is 25.7. The zero-order valence-electron chi connectivity index (χ0n) is 25.7. The first-order chi connectivity index (χ1) is 19.2. The Bertz CT molecular complexity index is 1010. The van der Waals surface area contributed by atoms with Crippen LogP contribution in [0.3, 0.4) is 0 Å². The van der Waals surface area contributed by atoms with E-state index in [9.17, 15) is 30.6 Å². The van der Waals surface area contributed by atoms with Crippen molar-refractivity contribution in [1.82, 2.24) is 0 Å². The second-order valence-corrected chi connectivity index (χ2v) is 14.9. The van der Waals surface area contributed by atoms with Crippen molar-refractivity contribution in [2.24, 2.45) is 40.4 Å². The average Bonchev–Trinajstić information content (AvgIpc) is 3.19. The summed E-state index contributed by atoms with van der Waals surface area (Å²) >= 11 is 0. The number of aliphatic hydroxyl groups excluding tert-OH is 6. The van der Waals surface area contributed by atoms with Gasteiger partial charge in [0.05, 0.1) is 30.5 Å². The van der Waals surface area contributed by atoms with Gasteiger partial charge in [-0.3, -0.25) is 0 Å². The van der Waals surface area contributed by atoms with Crippen LogP contribution in [0.15, 0.2) is 23.3 Å². The molecule has 6 N–H and O–H groups in total. The smallest absolute Gasteiger partial charge is 0.186 e. The molecule has 234 valence electrons. The monoisotopic (exact) mass is 578 g/mol. The lowest BCUT2D eigenvalue weighted by molar-refractivity contribution is -0.309. The molecule has 8 heteroatoms. The maximum absolute atomic E-state index is 11.9. The highest BCUT2D eigenvalue weighted by Gasteiger charge is 2.65. The van der Waals surface area contributed by atoms with Gasteiger partial charge in [0.15, 0.2) is 6.29 Å². The van der Waals surface area contributed by atoms with Gasteiger partial charge in [0.1, 0.15) is 18.3 Å². The Morgan fingerprint density at radius 1 is 1.12 bits per heavy atom. The molecule has 4 unspecified atom stereocenters. The van der Waals surface area contributed by atoms with E-state index in [0.29, 0.717) is 25.7 Å². The number of hydrogen-bond donors (Lipinski definition) is 6. The van der Waals surface area contributed by atoms with Crippen molar-refractivity contribution in [3.63, 3.8) is 0 Å². The first kappa shape index (κ1) is 31.6. The number of hydrogen-bond acceptors (Lipinski definition) is 8. The van der Waals surface area contributed by atoms with Crippen LogP contribution in [-0.2, 0) is 9.47 Å². The van der Waals surface area contributed by atoms with Gasteiger partial charge in [-0.05, 0) is 106 Å². The van der Waals surface area contributed by atoms with Crippen molar-refractivity contribution in [2.45, 2.75) is 142 Å². The van der Waals surface area contributed by atoms with Crippen LogP contribution in [0.1, 0.15) is 86.5 Å². The van der Waals surface area contributed by atoms with Crippen LogP contribution in [0.2, 0.25) is 0 Å². The van der Waals surface area contributed by atoms with E-state index in [1.165, 1.54) is 5.57 Å². The van der Waals surface area contributed by atoms with Gasteiger partial charge in [-0.25, -0.2) is 0 Å². The van der Waals surface area contributed by atoms with E-state index < -0.39 is 42.9 Å². The Morgan fingerprint density at radius 2 is 1.83 bits per heavy atom. The van der Waals surface area contributed by atoms with E-state index in [2.05, 4.69) is 32.9 Å². The van der Waals surface area contributed by atoms with Crippen molar-refractivity contribution in [3.05, 3.63) is 23.3 Å². The van der Waals surface area contributed by atoms with Gasteiger partial charge < -0.3 is 40.1 Å². The van der Waals surface area contributed by atoms with Crippen LogP contribution in [0, 0.1) is 40.4 Å². The number of aliphatic hydroxyl groups is 6. The van der Waals surface area contributed by atoms with Crippen molar-refractivity contribution in [3.8, 4) is 0 Å². The van der Waals surface area contributed by atoms with E-state index in [1.807, 2.05) is 13.8 Å². The quantitative estimate of drug-likeness (QED) is 0.264. The summed E-state index contributed by atoms with van der Waals surface area (Å²) in [6.07, 6.45) is 1.76. The minimum atomic E-state index is -1.39. The molecule has 1 heterocycles. The first-order valence-corrected chi connectivity index (χ1v) is 15.9. The average molecular weight is 579 g/mol. The van der Waals surface area contributed by atoms with Gasteiger partial charge in [0, 0.05) is 0 Å². The normalized spacial score (nSPS) is 51.1. The molecule has 8 nitrogen and oxygen atoms in total. The summed E-state index contributed by atoms with van der Waals surface area (Å²) in [5, 5.41) is 65.3. The summed E-state index contributed by atoms with van der Waals surface area (Å²) in [7, 11) is 0. The molecule has 16 atom stereocenters. The lowest BCUT2D eigenvalue weighted by Crippen LogP contribution is -2.58. The second-order valence-electron chi connectivity index (χ2n) is 14.9. The van der Waals surface area contributed by atoms with Crippen LogP contribution in [-0.4, -0.2) is 85.8 Å². The fourth-order valence-electron chi connectivity index (χ4n) is 9.99. The predicted octanol–water partition coefficient (Wildman–Crippen LogP) is 3.07. The highest BCUT2D eigenvalue weighted by atomic mass is 16.7. The molecule has 5 rings (SSSR count). The van der Waals surface area contributed by atoms with Gasteiger partial charge in [0.25, 0.3) is 0 Å². The van der Waals surface area contributed by atoms with Crippen molar-refractivity contribution in [1.29, 1.82) is 0 Å². The van der Waals surface area contributed by atoms with Crippen LogP contribution in [0.5, 0.6) is 0 Å². The zero-order chi connectivity index (χ0) is 30.0. The molecule has 4 aliphatic carbocycles. The second kappa shape index (κ2) is 11.6. The van der Waals surface area contributed by atoms with Gasteiger partial charge >= 0.3 is 0 Å². The molecule has 5 aliphatic rings. The molecule has 0 spiro atoms. The molecule has 4 fully saturated rings. The lowest BCUT2D eigenvalue weighted by Gasteiger charge is -2.60. The molecule has 41 heavy (non-hydrogen) atoms. The molecular formula is C33H54O8. The lowest BCUT2D eigenvalue weighted by atomic mass is 9.46. The first-order valence-electron chi connectivity index (χ1n) is 15.9. The van der Waals surface area contributed by atoms with E-state index >= 15 is 0 Å². The molecule has 0 aromatic heterocycles. The number of allylic oxidation sites excluding steroid dienone is 2. The highest BCUT2D eigenvalue weighted by molar-refractivity contribution is 5.27. The van der Waals surface area contributed by atoms with Crippen molar-refractivity contribution < 1.29 is 40.1 Å². The summed E-state index contributed by atoms with van der Waals surface area (Å²) in [6.45, 7) is 12.3. The predicted molar refractivity (Wildman–Crippen MR) is 154 cm³/mol. The molecule has 0 aromatic carbocycles. The maximum atomic E-state index is 11.9. The summed E-state index contributed by atoms with van der Waals surface area (Å²) in [5.74, 6) is 0.267. The Kier molecular flexibility index (Phi) is 8.92. The Labute approximate surface area is 245 Å². The molecule has 0 bridgehead atoms. The number of ether oxygens (including phenoxy) is 2. The topological polar surface area (TPSA) is 140 Å². The summed E-state index contributed by atoms with van der Waals surface area (Å²) in [5.41, 5.74) is 1.96. The van der Waals surface area contributed by atoms with Crippen LogP contribution >= 0.6 is 0 Å². The third kappa shape index (κ3) is 5.39. The third-order valence-corrected chi connectivity index (χ3v) is 12.2. The van der Waals surface area contributed by atoms with Gasteiger partial charge in [-0.15, -0.1) is 0 Å². The number of fused-ring (bicyclic) bond motifs is 5. The van der Waals surface area contributed by atoms with E-state index in [1.54, 1.807) is 6.92 Å². The largest absolute Gasteiger partial charge is 0.393 e.